The molecule has 2 aliphatic heterocycles. The van der Waals surface area contributed by atoms with Gasteiger partial charge in [0.05, 0.1) is 13.2 Å². The first-order valence-corrected chi connectivity index (χ1v) is 6.82. The second kappa shape index (κ2) is 7.45. The maximum absolute atomic E-state index is 9.77. The zero-order valence-electron chi connectivity index (χ0n) is 11.5. The third-order valence-corrected chi connectivity index (χ3v) is 3.75. The highest BCUT2D eigenvalue weighted by Crippen LogP contribution is 2.24. The van der Waals surface area contributed by atoms with Crippen LogP contribution in [0.2, 0.25) is 0 Å². The van der Waals surface area contributed by atoms with E-state index in [0.717, 1.165) is 6.61 Å². The van der Waals surface area contributed by atoms with Crippen molar-refractivity contribution < 1.29 is 50.0 Å². The molecule has 2 aliphatic rings. The largest absolute Gasteiger partial charge is 0.394 e. The third kappa shape index (κ3) is 3.57. The van der Waals surface area contributed by atoms with Gasteiger partial charge in [0.2, 0.25) is 0 Å². The van der Waals surface area contributed by atoms with E-state index >= 15 is 0 Å². The van der Waals surface area contributed by atoms with Crippen molar-refractivity contribution >= 4 is 0 Å². The molecule has 2 fully saturated rings. The number of hydrogen-bond acceptors (Lipinski definition) is 10. The molecule has 1 radical (unpaired) electrons. The Morgan fingerprint density at radius 1 is 0.818 bits per heavy atom. The van der Waals surface area contributed by atoms with Gasteiger partial charge in [0.15, 0.2) is 6.29 Å². The Bertz CT molecular complexity index is 353. The van der Waals surface area contributed by atoms with Gasteiger partial charge in [0.25, 0.3) is 0 Å². The summed E-state index contributed by atoms with van der Waals surface area (Å²) in [6.07, 6.45) is -12.4. The van der Waals surface area contributed by atoms with E-state index in [2.05, 4.69) is 0 Å². The fourth-order valence-corrected chi connectivity index (χ4v) is 2.30. The summed E-state index contributed by atoms with van der Waals surface area (Å²) in [5, 5.41) is 66.5. The van der Waals surface area contributed by atoms with Crippen LogP contribution in [0.4, 0.5) is 0 Å². The summed E-state index contributed by atoms with van der Waals surface area (Å²) in [7, 11) is 0. The second-order valence-corrected chi connectivity index (χ2v) is 5.31. The van der Waals surface area contributed by atoms with Gasteiger partial charge in [-0.05, 0) is 0 Å². The number of rotatable bonds is 4. The zero-order valence-corrected chi connectivity index (χ0v) is 11.5. The van der Waals surface area contributed by atoms with Crippen LogP contribution in [0.15, 0.2) is 0 Å². The number of ether oxygens (including phenoxy) is 3. The smallest absolute Gasteiger partial charge is 0.186 e. The SMILES string of the molecule is OC[C@H]1O[C@H](OC[C@H]2O[CH][C@H](O)[C@@H](O)[C@H]2O)[C@H](O)[C@@H](O)[C@H]1O. The molecule has 0 spiro atoms. The number of aliphatic hydroxyl groups excluding tert-OH is 7. The minimum Gasteiger partial charge on any atom is -0.394 e. The molecule has 2 rings (SSSR count). The predicted octanol–water partition coefficient (Wildman–Crippen LogP) is -4.55. The number of hydrogen-bond donors (Lipinski definition) is 7. The Kier molecular flexibility index (Phi) is 6.07. The molecule has 7 N–H and O–H groups in total. The van der Waals surface area contributed by atoms with E-state index in [4.69, 9.17) is 19.3 Å². The molecular weight excluding hydrogens is 304 g/mol. The second-order valence-electron chi connectivity index (χ2n) is 5.31. The fourth-order valence-electron chi connectivity index (χ4n) is 2.30. The number of aliphatic hydroxyl groups is 7. The first-order valence-electron chi connectivity index (χ1n) is 6.82. The van der Waals surface area contributed by atoms with Gasteiger partial charge in [-0.3, -0.25) is 0 Å². The summed E-state index contributed by atoms with van der Waals surface area (Å²) in [5.41, 5.74) is 0. The molecule has 2 saturated heterocycles. The van der Waals surface area contributed by atoms with E-state index in [1.54, 1.807) is 0 Å². The summed E-state index contributed by atoms with van der Waals surface area (Å²) in [6, 6.07) is 0. The van der Waals surface area contributed by atoms with Crippen molar-refractivity contribution in [3.63, 3.8) is 0 Å². The molecule has 10 nitrogen and oxygen atoms in total. The van der Waals surface area contributed by atoms with E-state index in [1.165, 1.54) is 0 Å². The van der Waals surface area contributed by atoms with Gasteiger partial charge >= 0.3 is 0 Å². The van der Waals surface area contributed by atoms with E-state index < -0.39 is 61.7 Å². The zero-order chi connectivity index (χ0) is 16.4. The summed E-state index contributed by atoms with van der Waals surface area (Å²) in [5.74, 6) is 0. The molecular formula is C12H21O10. The molecule has 0 amide bonds. The normalized spacial score (nSPS) is 50.0. The molecule has 0 aromatic heterocycles. The molecule has 22 heavy (non-hydrogen) atoms. The molecule has 0 aromatic carbocycles. The molecule has 0 saturated carbocycles. The fraction of sp³-hybridized carbons (Fsp3) is 0.917. The van der Waals surface area contributed by atoms with Gasteiger partial charge in [-0.2, -0.15) is 0 Å². The molecule has 9 atom stereocenters. The Balaban J connectivity index is 1.90. The van der Waals surface area contributed by atoms with Crippen LogP contribution in [-0.4, -0.2) is 104 Å². The minimum atomic E-state index is -1.58. The first-order chi connectivity index (χ1) is 10.4. The first kappa shape index (κ1) is 17.9. The average molecular weight is 325 g/mol. The van der Waals surface area contributed by atoms with Crippen LogP contribution < -0.4 is 0 Å². The summed E-state index contributed by atoms with van der Waals surface area (Å²) in [6.45, 7) is 0.0227. The van der Waals surface area contributed by atoms with Crippen molar-refractivity contribution in [1.82, 2.24) is 0 Å². The Morgan fingerprint density at radius 2 is 1.45 bits per heavy atom. The lowest BCUT2D eigenvalue weighted by molar-refractivity contribution is -0.309. The molecule has 2 heterocycles. The highest BCUT2D eigenvalue weighted by molar-refractivity contribution is 4.93. The summed E-state index contributed by atoms with van der Waals surface area (Å²) < 4.78 is 15.3. The molecule has 0 bridgehead atoms. The molecule has 0 unspecified atom stereocenters. The highest BCUT2D eigenvalue weighted by Gasteiger charge is 2.45. The van der Waals surface area contributed by atoms with Gasteiger partial charge in [0.1, 0.15) is 55.4 Å². The van der Waals surface area contributed by atoms with Crippen molar-refractivity contribution in [2.45, 2.75) is 55.1 Å². The van der Waals surface area contributed by atoms with Crippen molar-refractivity contribution in [2.24, 2.45) is 0 Å². The van der Waals surface area contributed by atoms with Crippen LogP contribution in [-0.2, 0) is 14.2 Å². The van der Waals surface area contributed by atoms with Crippen molar-refractivity contribution in [2.75, 3.05) is 13.2 Å². The van der Waals surface area contributed by atoms with E-state index in [9.17, 15) is 30.6 Å². The van der Waals surface area contributed by atoms with Gasteiger partial charge in [-0.15, -0.1) is 0 Å². The lowest BCUT2D eigenvalue weighted by Crippen LogP contribution is -2.60. The van der Waals surface area contributed by atoms with Gasteiger partial charge in [-0.25, -0.2) is 0 Å². The lowest BCUT2D eigenvalue weighted by atomic mass is 9.99. The van der Waals surface area contributed by atoms with Crippen LogP contribution in [0, 0.1) is 6.61 Å². The predicted molar refractivity (Wildman–Crippen MR) is 66.9 cm³/mol. The van der Waals surface area contributed by atoms with Crippen LogP contribution in [0.25, 0.3) is 0 Å². The Morgan fingerprint density at radius 3 is 2.09 bits per heavy atom. The molecule has 0 aliphatic carbocycles. The summed E-state index contributed by atoms with van der Waals surface area (Å²) in [4.78, 5) is 0. The van der Waals surface area contributed by atoms with Gasteiger partial charge in [0, 0.05) is 0 Å². The maximum atomic E-state index is 9.77. The van der Waals surface area contributed by atoms with Crippen molar-refractivity contribution in [3.8, 4) is 0 Å². The molecule has 129 valence electrons. The Labute approximate surface area is 126 Å². The van der Waals surface area contributed by atoms with E-state index in [-0.39, 0.29) is 6.61 Å². The quantitative estimate of drug-likeness (QED) is 0.267. The summed E-state index contributed by atoms with van der Waals surface area (Å²) >= 11 is 0. The van der Waals surface area contributed by atoms with Crippen molar-refractivity contribution in [3.05, 3.63) is 6.61 Å². The molecule has 0 aromatic rings. The Hall–Kier alpha value is -0.400. The maximum Gasteiger partial charge on any atom is 0.186 e. The van der Waals surface area contributed by atoms with Gasteiger partial charge in [-0.1, -0.05) is 0 Å². The van der Waals surface area contributed by atoms with Gasteiger partial charge < -0.3 is 50.0 Å². The van der Waals surface area contributed by atoms with Crippen LogP contribution in [0.1, 0.15) is 0 Å². The monoisotopic (exact) mass is 325 g/mol. The highest BCUT2D eigenvalue weighted by atomic mass is 16.7. The standard InChI is InChI=1S/C12H21O10/c13-1-5-8(16)10(18)11(19)12(22-5)21-3-6-9(17)7(15)4(14)2-20-6/h2,4-19H,1,3H2/t4-,5+,6+,7+,8-,9-,10-,11+,12-/m0/s1. The molecule has 10 heteroatoms. The van der Waals surface area contributed by atoms with Crippen LogP contribution >= 0.6 is 0 Å². The average Bonchev–Trinajstić information content (AvgIpc) is 2.51. The van der Waals surface area contributed by atoms with Crippen LogP contribution in [0.5, 0.6) is 0 Å². The minimum absolute atomic E-state index is 0.329. The van der Waals surface area contributed by atoms with Crippen LogP contribution in [0.3, 0.4) is 0 Å². The third-order valence-electron chi connectivity index (χ3n) is 3.75. The topological polar surface area (TPSA) is 169 Å². The van der Waals surface area contributed by atoms with Crippen molar-refractivity contribution in [1.29, 1.82) is 0 Å². The lowest BCUT2D eigenvalue weighted by Gasteiger charge is -2.41. The van der Waals surface area contributed by atoms with E-state index in [0.29, 0.717) is 0 Å². The van der Waals surface area contributed by atoms with E-state index in [1.807, 2.05) is 0 Å².